The Bertz CT molecular complexity index is 278. The summed E-state index contributed by atoms with van der Waals surface area (Å²) in [6, 6.07) is 0. The molecule has 0 aliphatic heterocycles. The van der Waals surface area contributed by atoms with Crippen molar-refractivity contribution in [3.63, 3.8) is 0 Å². The highest BCUT2D eigenvalue weighted by Crippen LogP contribution is 1.99. The van der Waals surface area contributed by atoms with Gasteiger partial charge in [0.2, 0.25) is 10.0 Å². The second-order valence-corrected chi connectivity index (χ2v) is 5.24. The Labute approximate surface area is 95.2 Å². The number of carbonyl (C=O) groups is 1. The van der Waals surface area contributed by atoms with Gasteiger partial charge in [0.1, 0.15) is 0 Å². The molecule has 0 bridgehead atoms. The van der Waals surface area contributed by atoms with Crippen LogP contribution in [0, 0.1) is 0 Å². The van der Waals surface area contributed by atoms with Crippen molar-refractivity contribution in [2.24, 2.45) is 0 Å². The quantitative estimate of drug-likeness (QED) is 0.390. The Morgan fingerprint density at radius 1 is 1.40 bits per heavy atom. The summed E-state index contributed by atoms with van der Waals surface area (Å²) >= 11 is 5.34. The molecule has 0 saturated carbocycles. The van der Waals surface area contributed by atoms with Gasteiger partial charge in [-0.15, -0.1) is 11.6 Å². The number of esters is 1. The van der Waals surface area contributed by atoms with E-state index in [4.69, 9.17) is 11.6 Å². The van der Waals surface area contributed by atoms with Gasteiger partial charge in [0.15, 0.2) is 0 Å². The first-order valence-corrected chi connectivity index (χ1v) is 6.80. The third-order valence-electron chi connectivity index (χ3n) is 1.69. The fourth-order valence-electron chi connectivity index (χ4n) is 0.930. The molecule has 0 spiro atoms. The third kappa shape index (κ3) is 8.65. The average molecular weight is 258 g/mol. The summed E-state index contributed by atoms with van der Waals surface area (Å²) in [5.74, 6) is -0.0523. The fourth-order valence-corrected chi connectivity index (χ4v) is 2.28. The Morgan fingerprint density at radius 2 is 2.07 bits per heavy atom. The van der Waals surface area contributed by atoms with Crippen LogP contribution in [0.5, 0.6) is 0 Å². The second-order valence-electron chi connectivity index (χ2n) is 2.94. The molecule has 1 N–H and O–H groups in total. The maximum atomic E-state index is 11.2. The number of nitrogens with one attached hydrogen (secondary N) is 1. The first kappa shape index (κ1) is 14.7. The van der Waals surface area contributed by atoms with Crippen molar-refractivity contribution in [1.29, 1.82) is 0 Å². The molecule has 0 amide bonds. The zero-order valence-corrected chi connectivity index (χ0v) is 10.2. The van der Waals surface area contributed by atoms with E-state index in [0.717, 1.165) is 0 Å². The topological polar surface area (TPSA) is 72.5 Å². The van der Waals surface area contributed by atoms with Gasteiger partial charge in [-0.05, 0) is 12.8 Å². The van der Waals surface area contributed by atoms with Crippen LogP contribution in [0.15, 0.2) is 0 Å². The number of methoxy groups -OCH3 is 1. The lowest BCUT2D eigenvalue weighted by Crippen LogP contribution is -2.28. The number of rotatable bonds is 8. The summed E-state index contributed by atoms with van der Waals surface area (Å²) in [7, 11) is -1.93. The number of alkyl halides is 1. The van der Waals surface area contributed by atoms with Crippen LogP contribution >= 0.6 is 11.6 Å². The molecular formula is C8H16ClNO4S. The molecule has 15 heavy (non-hydrogen) atoms. The van der Waals surface area contributed by atoms with Crippen LogP contribution < -0.4 is 4.72 Å². The van der Waals surface area contributed by atoms with E-state index < -0.39 is 10.0 Å². The minimum absolute atomic E-state index is 0.0148. The number of ether oxygens (including phenoxy) is 1. The lowest BCUT2D eigenvalue weighted by atomic mass is 10.2. The van der Waals surface area contributed by atoms with Gasteiger partial charge >= 0.3 is 5.97 Å². The molecule has 0 atom stereocenters. The average Bonchev–Trinajstić information content (AvgIpc) is 2.21. The number of unbranched alkanes of at least 4 members (excludes halogenated alkanes) is 1. The minimum Gasteiger partial charge on any atom is -0.469 e. The highest BCUT2D eigenvalue weighted by molar-refractivity contribution is 7.89. The van der Waals surface area contributed by atoms with E-state index in [1.807, 2.05) is 0 Å². The summed E-state index contributed by atoms with van der Waals surface area (Å²) in [4.78, 5) is 10.7. The van der Waals surface area contributed by atoms with Gasteiger partial charge in [0.05, 0.1) is 12.9 Å². The van der Waals surface area contributed by atoms with E-state index >= 15 is 0 Å². The Hall–Kier alpha value is -0.330. The summed E-state index contributed by atoms with van der Waals surface area (Å²) in [6.07, 6.45) is 1.20. The maximum Gasteiger partial charge on any atom is 0.305 e. The maximum absolute atomic E-state index is 11.2. The molecule has 0 aliphatic carbocycles. The zero-order valence-electron chi connectivity index (χ0n) is 8.66. The first-order chi connectivity index (χ1) is 7.02. The Morgan fingerprint density at radius 3 is 2.60 bits per heavy atom. The van der Waals surface area contributed by atoms with Crippen LogP contribution in [0.2, 0.25) is 0 Å². The largest absolute Gasteiger partial charge is 0.469 e. The van der Waals surface area contributed by atoms with Crippen LogP contribution in [0.25, 0.3) is 0 Å². The van der Waals surface area contributed by atoms with Gasteiger partial charge in [0.25, 0.3) is 0 Å². The summed E-state index contributed by atoms with van der Waals surface area (Å²) in [6.45, 7) is 0.237. The van der Waals surface area contributed by atoms with Crippen molar-refractivity contribution < 1.29 is 17.9 Å². The van der Waals surface area contributed by atoms with Crippen molar-refractivity contribution in [3.05, 3.63) is 0 Å². The lowest BCUT2D eigenvalue weighted by Gasteiger charge is -2.04. The molecule has 90 valence electrons. The third-order valence-corrected chi connectivity index (χ3v) is 3.35. The van der Waals surface area contributed by atoms with Crippen molar-refractivity contribution in [2.45, 2.75) is 19.3 Å². The van der Waals surface area contributed by atoms with E-state index in [9.17, 15) is 13.2 Å². The number of halogens is 1. The number of sulfonamides is 1. The molecule has 0 rings (SSSR count). The second kappa shape index (κ2) is 7.90. The predicted octanol–water partition coefficient (Wildman–Crippen LogP) is 0.488. The molecule has 0 aromatic carbocycles. The Kier molecular flexibility index (Phi) is 7.72. The summed E-state index contributed by atoms with van der Waals surface area (Å²) in [5.41, 5.74) is 0. The van der Waals surface area contributed by atoms with Crippen molar-refractivity contribution in [1.82, 2.24) is 4.72 Å². The molecule has 0 saturated heterocycles. The van der Waals surface area contributed by atoms with Crippen LogP contribution in [0.1, 0.15) is 19.3 Å². The number of hydrogen-bond donors (Lipinski definition) is 1. The molecule has 0 aromatic rings. The molecule has 0 aromatic heterocycles. The first-order valence-electron chi connectivity index (χ1n) is 4.62. The van der Waals surface area contributed by atoms with Crippen molar-refractivity contribution in [2.75, 3.05) is 25.3 Å². The predicted molar refractivity (Wildman–Crippen MR) is 58.4 cm³/mol. The van der Waals surface area contributed by atoms with Crippen LogP contribution in [-0.4, -0.2) is 39.7 Å². The molecular weight excluding hydrogens is 242 g/mol. The van der Waals surface area contributed by atoms with E-state index in [1.165, 1.54) is 7.11 Å². The van der Waals surface area contributed by atoms with Gasteiger partial charge < -0.3 is 4.74 Å². The fraction of sp³-hybridized carbons (Fsp3) is 0.875. The van der Waals surface area contributed by atoms with Crippen LogP contribution in [0.4, 0.5) is 0 Å². The van der Waals surface area contributed by atoms with Crippen LogP contribution in [-0.2, 0) is 19.6 Å². The molecule has 0 heterocycles. The van der Waals surface area contributed by atoms with E-state index in [0.29, 0.717) is 12.8 Å². The number of carbonyl (C=O) groups excluding carboxylic acids is 1. The van der Waals surface area contributed by atoms with Gasteiger partial charge in [-0.25, -0.2) is 13.1 Å². The zero-order chi connectivity index (χ0) is 11.7. The monoisotopic (exact) mass is 257 g/mol. The minimum atomic E-state index is -3.23. The van der Waals surface area contributed by atoms with Gasteiger partial charge in [0, 0.05) is 18.8 Å². The van der Waals surface area contributed by atoms with Crippen molar-refractivity contribution >= 4 is 27.6 Å². The molecule has 0 fully saturated rings. The normalized spacial score (nSPS) is 11.3. The SMILES string of the molecule is COC(=O)CCCCS(=O)(=O)NCCCl. The van der Waals surface area contributed by atoms with Gasteiger partial charge in [-0.2, -0.15) is 0 Å². The molecule has 0 unspecified atom stereocenters. The summed E-state index contributed by atoms with van der Waals surface area (Å²) < 4.78 is 29.2. The molecule has 0 radical (unpaired) electrons. The van der Waals surface area contributed by atoms with Crippen LogP contribution in [0.3, 0.4) is 0 Å². The van der Waals surface area contributed by atoms with Gasteiger partial charge in [-0.1, -0.05) is 0 Å². The van der Waals surface area contributed by atoms with E-state index in [-0.39, 0.29) is 30.6 Å². The molecule has 5 nitrogen and oxygen atoms in total. The highest BCUT2D eigenvalue weighted by Gasteiger charge is 2.09. The number of hydrogen-bond acceptors (Lipinski definition) is 4. The van der Waals surface area contributed by atoms with Gasteiger partial charge in [-0.3, -0.25) is 4.79 Å². The van der Waals surface area contributed by atoms with Crippen molar-refractivity contribution in [3.8, 4) is 0 Å². The molecule has 7 heteroatoms. The Balaban J connectivity index is 3.62. The standard InChI is InChI=1S/C8H16ClNO4S/c1-14-8(11)4-2-3-7-15(12,13)10-6-5-9/h10H,2-7H2,1H3. The highest BCUT2D eigenvalue weighted by atomic mass is 35.5. The van der Waals surface area contributed by atoms with E-state index in [2.05, 4.69) is 9.46 Å². The summed E-state index contributed by atoms with van der Waals surface area (Å²) in [5, 5.41) is 0. The van der Waals surface area contributed by atoms with E-state index in [1.54, 1.807) is 0 Å². The smallest absolute Gasteiger partial charge is 0.305 e. The lowest BCUT2D eigenvalue weighted by molar-refractivity contribution is -0.140. The molecule has 0 aliphatic rings.